The Labute approximate surface area is 261 Å². The number of esters is 2. The van der Waals surface area contributed by atoms with Gasteiger partial charge in [0.1, 0.15) is 0 Å². The van der Waals surface area contributed by atoms with Gasteiger partial charge < -0.3 is 9.47 Å². The first-order valence-electron chi connectivity index (χ1n) is 14.0. The minimum absolute atomic E-state index is 0.277. The Kier molecular flexibility index (Phi) is 14.8. The van der Waals surface area contributed by atoms with Crippen LogP contribution in [0, 0.1) is 0 Å². The second kappa shape index (κ2) is 17.7. The number of unbranched alkanes of at least 4 members (excludes halogenated alkanes) is 10. The lowest BCUT2D eigenvalue weighted by molar-refractivity contribution is 0.0488. The van der Waals surface area contributed by atoms with Gasteiger partial charge in [-0.25, -0.2) is 9.59 Å². The lowest BCUT2D eigenvalue weighted by Crippen LogP contribution is -2.05. The van der Waals surface area contributed by atoms with Crippen LogP contribution in [0.25, 0.3) is 19.5 Å². The lowest BCUT2D eigenvalue weighted by Gasteiger charge is -2.04. The molecule has 0 fully saturated rings. The van der Waals surface area contributed by atoms with Gasteiger partial charge in [0.15, 0.2) is 0 Å². The molecule has 0 spiro atoms. The molecule has 0 saturated heterocycles. The molecule has 3 heterocycles. The molecule has 0 atom stereocenters. The minimum atomic E-state index is -0.277. The highest BCUT2D eigenvalue weighted by molar-refractivity contribution is 9.11. The zero-order valence-corrected chi connectivity index (χ0v) is 28.4. The van der Waals surface area contributed by atoms with Crippen molar-refractivity contribution in [2.75, 3.05) is 13.2 Å². The number of hydrogen-bond acceptors (Lipinski definition) is 7. The molecule has 0 aromatic carbocycles. The fourth-order valence-corrected chi connectivity index (χ4v) is 8.62. The monoisotopic (exact) mass is 716 g/mol. The molecule has 39 heavy (non-hydrogen) atoms. The molecule has 0 unspecified atom stereocenters. The van der Waals surface area contributed by atoms with E-state index < -0.39 is 0 Å². The number of halogens is 2. The molecular formula is C30H38Br2O4S3. The summed E-state index contributed by atoms with van der Waals surface area (Å²) in [7, 11) is 0. The zero-order valence-electron chi connectivity index (χ0n) is 22.8. The highest BCUT2D eigenvalue weighted by Crippen LogP contribution is 2.44. The van der Waals surface area contributed by atoms with Crippen molar-refractivity contribution >= 4 is 77.8 Å². The van der Waals surface area contributed by atoms with Gasteiger partial charge in [-0.3, -0.25) is 0 Å². The molecule has 9 heteroatoms. The van der Waals surface area contributed by atoms with Crippen LogP contribution in [-0.2, 0) is 9.47 Å². The van der Waals surface area contributed by atoms with Crippen molar-refractivity contribution < 1.29 is 19.1 Å². The first-order chi connectivity index (χ1) is 18.9. The Morgan fingerprint density at radius 3 is 1.38 bits per heavy atom. The molecule has 3 rings (SSSR count). The van der Waals surface area contributed by atoms with Gasteiger partial charge >= 0.3 is 11.9 Å². The standard InChI is InChI=1S/C30H38Br2O4S3/c1-3-5-7-9-11-13-17-35-29(33)21-19-25(38-27(21)31)23-15-16-24(37-23)26-20-22(28(32)39-26)30(34)36-18-14-12-10-8-6-4-2/h15-16,19-20H,3-14,17-18H2,1-2H3. The van der Waals surface area contributed by atoms with Crippen molar-refractivity contribution in [3.63, 3.8) is 0 Å². The van der Waals surface area contributed by atoms with Crippen LogP contribution in [0.5, 0.6) is 0 Å². The molecule has 0 bridgehead atoms. The molecule has 3 aromatic heterocycles. The largest absolute Gasteiger partial charge is 0.462 e. The maximum atomic E-state index is 12.6. The molecule has 214 valence electrons. The van der Waals surface area contributed by atoms with E-state index in [9.17, 15) is 9.59 Å². The molecule has 0 saturated carbocycles. The summed E-state index contributed by atoms with van der Waals surface area (Å²) < 4.78 is 12.6. The van der Waals surface area contributed by atoms with E-state index in [0.29, 0.717) is 24.3 Å². The van der Waals surface area contributed by atoms with Gasteiger partial charge in [-0.2, -0.15) is 0 Å². The summed E-state index contributed by atoms with van der Waals surface area (Å²) in [5.41, 5.74) is 1.15. The first kappa shape index (κ1) is 32.5. The van der Waals surface area contributed by atoms with Crippen LogP contribution in [0.3, 0.4) is 0 Å². The average Bonchev–Trinajstić information content (AvgIpc) is 3.65. The highest BCUT2D eigenvalue weighted by Gasteiger charge is 2.20. The molecule has 4 nitrogen and oxygen atoms in total. The lowest BCUT2D eigenvalue weighted by atomic mass is 10.1. The third-order valence-electron chi connectivity index (χ3n) is 6.37. The average molecular weight is 719 g/mol. The smallest absolute Gasteiger partial charge is 0.340 e. The van der Waals surface area contributed by atoms with Gasteiger partial charge in [0, 0.05) is 19.5 Å². The molecule has 0 aliphatic carbocycles. The summed E-state index contributed by atoms with van der Waals surface area (Å²) in [6, 6.07) is 7.94. The Morgan fingerprint density at radius 2 is 0.974 bits per heavy atom. The van der Waals surface area contributed by atoms with Crippen LogP contribution in [0.15, 0.2) is 31.8 Å². The Balaban J connectivity index is 1.53. The maximum absolute atomic E-state index is 12.6. The topological polar surface area (TPSA) is 52.6 Å². The van der Waals surface area contributed by atoms with Gasteiger partial charge in [-0.15, -0.1) is 34.0 Å². The quantitative estimate of drug-likeness (QED) is 0.0971. The van der Waals surface area contributed by atoms with E-state index in [1.807, 2.05) is 12.1 Å². The minimum Gasteiger partial charge on any atom is -0.462 e. The van der Waals surface area contributed by atoms with E-state index in [-0.39, 0.29) is 11.9 Å². The molecule has 3 aromatic rings. The fraction of sp³-hybridized carbons (Fsp3) is 0.533. The Bertz CT molecular complexity index is 1090. The zero-order chi connectivity index (χ0) is 28.0. The van der Waals surface area contributed by atoms with E-state index in [1.54, 1.807) is 11.3 Å². The van der Waals surface area contributed by atoms with E-state index in [1.165, 1.54) is 74.0 Å². The van der Waals surface area contributed by atoms with Crippen molar-refractivity contribution in [1.82, 2.24) is 0 Å². The Morgan fingerprint density at radius 1 is 0.590 bits per heavy atom. The van der Waals surface area contributed by atoms with Crippen LogP contribution < -0.4 is 0 Å². The SMILES string of the molecule is CCCCCCCCOC(=O)c1cc(-c2ccc(-c3cc(C(=O)OCCCCCCCC)c(Br)s3)s2)sc1Br. The highest BCUT2D eigenvalue weighted by atomic mass is 79.9. The normalized spacial score (nSPS) is 11.2. The first-order valence-corrected chi connectivity index (χ1v) is 18.0. The molecule has 0 N–H and O–H groups in total. The summed E-state index contributed by atoms with van der Waals surface area (Å²) in [4.78, 5) is 29.4. The van der Waals surface area contributed by atoms with Gasteiger partial charge in [0.05, 0.1) is 31.9 Å². The van der Waals surface area contributed by atoms with Crippen LogP contribution >= 0.6 is 65.9 Å². The molecule has 0 radical (unpaired) electrons. The second-order valence-corrected chi connectivity index (χ2v) is 15.4. The number of hydrogen-bond donors (Lipinski definition) is 0. The summed E-state index contributed by atoms with van der Waals surface area (Å²) in [6.07, 6.45) is 13.9. The number of rotatable bonds is 18. The number of thiophene rings is 3. The van der Waals surface area contributed by atoms with Crippen molar-refractivity contribution in [2.24, 2.45) is 0 Å². The second-order valence-electron chi connectivity index (χ2n) is 9.57. The maximum Gasteiger partial charge on any atom is 0.340 e. The van der Waals surface area contributed by atoms with E-state index in [0.717, 1.165) is 52.8 Å². The summed E-state index contributed by atoms with van der Waals surface area (Å²) in [6.45, 7) is 5.34. The van der Waals surface area contributed by atoms with Crippen LogP contribution in [0.1, 0.15) is 112 Å². The third-order valence-corrected chi connectivity index (χ3v) is 11.5. The van der Waals surface area contributed by atoms with Crippen molar-refractivity contribution in [3.8, 4) is 19.5 Å². The van der Waals surface area contributed by atoms with Crippen molar-refractivity contribution in [2.45, 2.75) is 90.9 Å². The predicted molar refractivity (Wildman–Crippen MR) is 174 cm³/mol. The molecule has 0 aliphatic heterocycles. The Hall–Kier alpha value is -1.00. The summed E-state index contributed by atoms with van der Waals surface area (Å²) in [5.74, 6) is -0.554. The van der Waals surface area contributed by atoms with Crippen LogP contribution in [0.2, 0.25) is 0 Å². The van der Waals surface area contributed by atoms with Crippen LogP contribution in [0.4, 0.5) is 0 Å². The van der Waals surface area contributed by atoms with E-state index >= 15 is 0 Å². The van der Waals surface area contributed by atoms with Crippen molar-refractivity contribution in [1.29, 1.82) is 0 Å². The molecule has 0 amide bonds. The predicted octanol–water partition coefficient (Wildman–Crippen LogP) is 11.8. The third kappa shape index (κ3) is 10.4. The number of carbonyl (C=O) groups is 2. The van der Waals surface area contributed by atoms with Gasteiger partial charge in [0.2, 0.25) is 0 Å². The number of carbonyl (C=O) groups excluding carboxylic acids is 2. The van der Waals surface area contributed by atoms with E-state index in [4.69, 9.17) is 9.47 Å². The van der Waals surface area contributed by atoms with Gasteiger partial charge in [0.25, 0.3) is 0 Å². The summed E-state index contributed by atoms with van der Waals surface area (Å²) in [5, 5.41) is 0. The van der Waals surface area contributed by atoms with Gasteiger partial charge in [-0.05, 0) is 69.0 Å². The fourth-order valence-electron chi connectivity index (χ4n) is 4.11. The summed E-state index contributed by atoms with van der Waals surface area (Å²) >= 11 is 11.8. The molecular weight excluding hydrogens is 680 g/mol. The number of ether oxygens (including phenoxy) is 2. The van der Waals surface area contributed by atoms with Gasteiger partial charge in [-0.1, -0.05) is 78.1 Å². The van der Waals surface area contributed by atoms with Crippen LogP contribution in [-0.4, -0.2) is 25.2 Å². The van der Waals surface area contributed by atoms with E-state index in [2.05, 4.69) is 57.8 Å². The van der Waals surface area contributed by atoms with Crippen molar-refractivity contribution in [3.05, 3.63) is 43.0 Å². The molecule has 0 aliphatic rings.